The van der Waals surface area contributed by atoms with E-state index >= 15 is 0 Å². The molecule has 0 unspecified atom stereocenters. The summed E-state index contributed by atoms with van der Waals surface area (Å²) < 4.78 is 14.5. The summed E-state index contributed by atoms with van der Waals surface area (Å²) in [6.07, 6.45) is 0. The third-order valence-corrected chi connectivity index (χ3v) is 2.06. The minimum Gasteiger partial charge on any atom is -0.395 e. The lowest BCUT2D eigenvalue weighted by molar-refractivity contribution is 0.278. The first kappa shape index (κ1) is 8.96. The second kappa shape index (κ2) is 3.26. The Balaban J connectivity index is 2.66. The molecule has 3 N–H and O–H groups in total. The van der Waals surface area contributed by atoms with E-state index in [1.54, 1.807) is 10.6 Å². The average molecular weight is 195 g/mol. The van der Waals surface area contributed by atoms with E-state index in [0.717, 1.165) is 0 Å². The summed E-state index contributed by atoms with van der Waals surface area (Å²) in [6.45, 7) is 0.276. The van der Waals surface area contributed by atoms with Crippen molar-refractivity contribution in [3.8, 4) is 0 Å². The maximum absolute atomic E-state index is 12.9. The van der Waals surface area contributed by atoms with E-state index in [0.29, 0.717) is 23.5 Å². The van der Waals surface area contributed by atoms with Gasteiger partial charge in [-0.25, -0.2) is 9.37 Å². The van der Waals surface area contributed by atoms with Crippen molar-refractivity contribution in [2.45, 2.75) is 6.54 Å². The third kappa shape index (κ3) is 1.31. The number of aliphatic hydroxyl groups is 1. The summed E-state index contributed by atoms with van der Waals surface area (Å²) in [4.78, 5) is 4.04. The van der Waals surface area contributed by atoms with E-state index in [1.165, 1.54) is 12.1 Å². The molecule has 4 nitrogen and oxygen atoms in total. The predicted octanol–water partition coefficient (Wildman–Crippen LogP) is 0.750. The molecule has 74 valence electrons. The van der Waals surface area contributed by atoms with Gasteiger partial charge >= 0.3 is 0 Å². The maximum atomic E-state index is 12.9. The van der Waals surface area contributed by atoms with Crippen LogP contribution in [0.3, 0.4) is 0 Å². The number of fused-ring (bicyclic) bond motifs is 1. The standard InChI is InChI=1S/C9H10FN3O/c10-6-1-2-7-8(5-6)13(3-4-14)9(11)12-7/h1-2,5,14H,3-4H2,(H2,11,12). The molecule has 2 rings (SSSR count). The molecule has 0 aliphatic heterocycles. The van der Waals surface area contributed by atoms with Crippen LogP contribution in [-0.4, -0.2) is 21.3 Å². The van der Waals surface area contributed by atoms with Gasteiger partial charge in [-0.2, -0.15) is 0 Å². The second-order valence-electron chi connectivity index (χ2n) is 2.98. The van der Waals surface area contributed by atoms with Crippen molar-refractivity contribution < 1.29 is 9.50 Å². The van der Waals surface area contributed by atoms with Crippen LogP contribution in [0.2, 0.25) is 0 Å². The number of benzene rings is 1. The second-order valence-corrected chi connectivity index (χ2v) is 2.98. The molecule has 0 aliphatic carbocycles. The number of hydrogen-bond donors (Lipinski definition) is 2. The van der Waals surface area contributed by atoms with Crippen LogP contribution in [0.4, 0.5) is 10.3 Å². The summed E-state index contributed by atoms with van der Waals surface area (Å²) >= 11 is 0. The van der Waals surface area contributed by atoms with Gasteiger partial charge in [0, 0.05) is 6.54 Å². The van der Waals surface area contributed by atoms with Crippen molar-refractivity contribution in [2.24, 2.45) is 0 Å². The fraction of sp³-hybridized carbons (Fsp3) is 0.222. The van der Waals surface area contributed by atoms with Crippen LogP contribution in [-0.2, 0) is 6.54 Å². The highest BCUT2D eigenvalue weighted by Crippen LogP contribution is 2.18. The smallest absolute Gasteiger partial charge is 0.201 e. The van der Waals surface area contributed by atoms with Crippen molar-refractivity contribution in [3.63, 3.8) is 0 Å². The molecular weight excluding hydrogens is 185 g/mol. The van der Waals surface area contributed by atoms with Crippen LogP contribution in [0.1, 0.15) is 0 Å². The predicted molar refractivity (Wildman–Crippen MR) is 51.2 cm³/mol. The summed E-state index contributed by atoms with van der Waals surface area (Å²) in [6, 6.07) is 4.25. The van der Waals surface area contributed by atoms with Crippen LogP contribution >= 0.6 is 0 Å². The number of nitrogen functional groups attached to an aromatic ring is 1. The minimum atomic E-state index is -0.336. The highest BCUT2D eigenvalue weighted by atomic mass is 19.1. The van der Waals surface area contributed by atoms with Crippen LogP contribution in [0, 0.1) is 5.82 Å². The minimum absolute atomic E-state index is 0.0494. The van der Waals surface area contributed by atoms with Gasteiger partial charge in [0.25, 0.3) is 0 Å². The number of hydrogen-bond acceptors (Lipinski definition) is 3. The van der Waals surface area contributed by atoms with E-state index in [-0.39, 0.29) is 12.4 Å². The van der Waals surface area contributed by atoms with Gasteiger partial charge in [-0.05, 0) is 18.2 Å². The van der Waals surface area contributed by atoms with Gasteiger partial charge in [-0.15, -0.1) is 0 Å². The van der Waals surface area contributed by atoms with Gasteiger partial charge in [0.15, 0.2) is 0 Å². The zero-order valence-corrected chi connectivity index (χ0v) is 7.44. The first-order valence-corrected chi connectivity index (χ1v) is 4.24. The van der Waals surface area contributed by atoms with Gasteiger partial charge in [0.05, 0.1) is 17.6 Å². The molecule has 0 atom stereocenters. The number of anilines is 1. The molecule has 2 aromatic rings. The lowest BCUT2D eigenvalue weighted by Crippen LogP contribution is -2.06. The van der Waals surface area contributed by atoms with Crippen molar-refractivity contribution in [1.82, 2.24) is 9.55 Å². The number of nitrogens with two attached hydrogens (primary N) is 1. The first-order chi connectivity index (χ1) is 6.72. The molecule has 5 heteroatoms. The number of nitrogens with zero attached hydrogens (tertiary/aromatic N) is 2. The highest BCUT2D eigenvalue weighted by Gasteiger charge is 2.07. The molecule has 0 saturated heterocycles. The summed E-state index contributed by atoms with van der Waals surface area (Å²) in [5, 5.41) is 8.79. The van der Waals surface area contributed by atoms with Crippen LogP contribution in [0.5, 0.6) is 0 Å². The molecule has 1 aromatic heterocycles. The molecule has 0 amide bonds. The van der Waals surface area contributed by atoms with E-state index in [1.807, 2.05) is 0 Å². The molecule has 0 fully saturated rings. The molecule has 0 spiro atoms. The lowest BCUT2D eigenvalue weighted by atomic mass is 10.3. The van der Waals surface area contributed by atoms with E-state index in [4.69, 9.17) is 10.8 Å². The highest BCUT2D eigenvalue weighted by molar-refractivity contribution is 5.78. The molecular formula is C9H10FN3O. The zero-order chi connectivity index (χ0) is 10.1. The monoisotopic (exact) mass is 195 g/mol. The van der Waals surface area contributed by atoms with Crippen LogP contribution in [0.25, 0.3) is 11.0 Å². The van der Waals surface area contributed by atoms with Gasteiger partial charge in [-0.1, -0.05) is 0 Å². The first-order valence-electron chi connectivity index (χ1n) is 4.24. The Labute approximate surface area is 79.8 Å². The molecule has 0 bridgehead atoms. The fourth-order valence-corrected chi connectivity index (χ4v) is 1.45. The number of rotatable bonds is 2. The van der Waals surface area contributed by atoms with E-state index in [9.17, 15) is 4.39 Å². The van der Waals surface area contributed by atoms with E-state index in [2.05, 4.69) is 4.98 Å². The molecule has 0 radical (unpaired) electrons. The summed E-state index contributed by atoms with van der Waals surface area (Å²) in [7, 11) is 0. The summed E-state index contributed by atoms with van der Waals surface area (Å²) in [5.41, 5.74) is 6.85. The number of halogens is 1. The van der Waals surface area contributed by atoms with Crippen molar-refractivity contribution in [1.29, 1.82) is 0 Å². The number of aliphatic hydroxyl groups excluding tert-OH is 1. The van der Waals surface area contributed by atoms with Crippen molar-refractivity contribution in [3.05, 3.63) is 24.0 Å². The Bertz CT molecular complexity index is 466. The largest absolute Gasteiger partial charge is 0.395 e. The van der Waals surface area contributed by atoms with Crippen LogP contribution in [0.15, 0.2) is 18.2 Å². The lowest BCUT2D eigenvalue weighted by Gasteiger charge is -2.02. The average Bonchev–Trinajstić information content (AvgIpc) is 2.45. The van der Waals surface area contributed by atoms with E-state index < -0.39 is 0 Å². The Kier molecular flexibility index (Phi) is 2.09. The Hall–Kier alpha value is -1.62. The fourth-order valence-electron chi connectivity index (χ4n) is 1.45. The van der Waals surface area contributed by atoms with Gasteiger partial charge in [0.1, 0.15) is 5.82 Å². The maximum Gasteiger partial charge on any atom is 0.201 e. The van der Waals surface area contributed by atoms with Gasteiger partial charge < -0.3 is 15.4 Å². The number of aromatic nitrogens is 2. The SMILES string of the molecule is Nc1nc2ccc(F)cc2n1CCO. The van der Waals surface area contributed by atoms with Crippen molar-refractivity contribution >= 4 is 17.0 Å². The molecule has 0 aliphatic rings. The Morgan fingerprint density at radius 3 is 3.00 bits per heavy atom. The van der Waals surface area contributed by atoms with Crippen molar-refractivity contribution in [2.75, 3.05) is 12.3 Å². The van der Waals surface area contributed by atoms with Gasteiger partial charge in [-0.3, -0.25) is 0 Å². The normalized spacial score (nSPS) is 11.0. The van der Waals surface area contributed by atoms with Crippen LogP contribution < -0.4 is 5.73 Å². The number of imidazole rings is 1. The molecule has 14 heavy (non-hydrogen) atoms. The quantitative estimate of drug-likeness (QED) is 0.743. The molecule has 1 heterocycles. The molecule has 0 saturated carbocycles. The third-order valence-electron chi connectivity index (χ3n) is 2.06. The van der Waals surface area contributed by atoms with Gasteiger partial charge in [0.2, 0.25) is 5.95 Å². The summed E-state index contributed by atoms with van der Waals surface area (Å²) in [5.74, 6) is -0.0451. The molecule has 1 aromatic carbocycles. The zero-order valence-electron chi connectivity index (χ0n) is 7.44. The Morgan fingerprint density at radius 2 is 2.29 bits per heavy atom. The Morgan fingerprint density at radius 1 is 1.50 bits per heavy atom. The topological polar surface area (TPSA) is 64.1 Å².